The predicted octanol–water partition coefficient (Wildman–Crippen LogP) is 3.45. The summed E-state index contributed by atoms with van der Waals surface area (Å²) >= 11 is 0. The number of aromatic nitrogens is 4. The highest BCUT2D eigenvalue weighted by Gasteiger charge is 2.34. The van der Waals surface area contributed by atoms with Crippen LogP contribution in [-0.2, 0) is 13.0 Å². The van der Waals surface area contributed by atoms with Gasteiger partial charge in [-0.05, 0) is 68.5 Å². The third kappa shape index (κ3) is 3.47. The van der Waals surface area contributed by atoms with Gasteiger partial charge in [-0.3, -0.25) is 9.97 Å². The Kier molecular flexibility index (Phi) is 4.49. The molecule has 0 aromatic carbocycles. The van der Waals surface area contributed by atoms with E-state index >= 15 is 0 Å². The molecule has 1 atom stereocenters. The van der Waals surface area contributed by atoms with E-state index in [1.807, 2.05) is 30.6 Å². The average Bonchev–Trinajstić information content (AvgIpc) is 3.57. The van der Waals surface area contributed by atoms with Crippen LogP contribution in [0.2, 0.25) is 0 Å². The number of hydrogen-bond acceptors (Lipinski definition) is 6. The van der Waals surface area contributed by atoms with Gasteiger partial charge in [0.2, 0.25) is 0 Å². The van der Waals surface area contributed by atoms with E-state index in [1.165, 1.54) is 24.0 Å². The monoisotopic (exact) mass is 372 g/mol. The second-order valence-corrected chi connectivity index (χ2v) is 7.71. The summed E-state index contributed by atoms with van der Waals surface area (Å²) in [5.41, 5.74) is 5.59. The second kappa shape index (κ2) is 7.28. The van der Waals surface area contributed by atoms with E-state index in [0.29, 0.717) is 5.92 Å². The van der Waals surface area contributed by atoms with Gasteiger partial charge < -0.3 is 10.6 Å². The molecule has 5 rings (SSSR count). The van der Waals surface area contributed by atoms with Crippen molar-refractivity contribution in [3.05, 3.63) is 65.4 Å². The molecule has 2 aliphatic rings. The summed E-state index contributed by atoms with van der Waals surface area (Å²) in [6.07, 6.45) is 8.90. The van der Waals surface area contributed by atoms with Gasteiger partial charge in [-0.15, -0.1) is 0 Å². The van der Waals surface area contributed by atoms with Crippen molar-refractivity contribution in [2.75, 3.05) is 11.9 Å². The lowest BCUT2D eigenvalue weighted by atomic mass is 10.0. The quantitative estimate of drug-likeness (QED) is 0.714. The molecule has 1 unspecified atom stereocenters. The minimum absolute atomic E-state index is 0.190. The number of pyridine rings is 2. The SMILES string of the molecule is Cc1ccnc(C(Nc2nc(-c3cccnc3)nc3c2CCNC3)C2CC2)c1. The molecule has 0 saturated heterocycles. The molecular weight excluding hydrogens is 348 g/mol. The lowest BCUT2D eigenvalue weighted by Gasteiger charge is -2.24. The fourth-order valence-corrected chi connectivity index (χ4v) is 3.84. The summed E-state index contributed by atoms with van der Waals surface area (Å²) < 4.78 is 0. The Hall–Kier alpha value is -2.86. The van der Waals surface area contributed by atoms with Crippen LogP contribution in [0, 0.1) is 12.8 Å². The van der Waals surface area contributed by atoms with Crippen molar-refractivity contribution >= 4 is 5.82 Å². The first-order valence-corrected chi connectivity index (χ1v) is 9.98. The van der Waals surface area contributed by atoms with E-state index in [0.717, 1.165) is 48.1 Å². The number of fused-ring (bicyclic) bond motifs is 1. The fraction of sp³-hybridized carbons (Fsp3) is 0.364. The molecule has 1 aliphatic carbocycles. The third-order valence-corrected chi connectivity index (χ3v) is 5.50. The normalized spacial score (nSPS) is 17.0. The van der Waals surface area contributed by atoms with Crippen molar-refractivity contribution in [1.82, 2.24) is 25.3 Å². The minimum Gasteiger partial charge on any atom is -0.361 e. The highest BCUT2D eigenvalue weighted by atomic mass is 15.1. The molecule has 1 fully saturated rings. The topological polar surface area (TPSA) is 75.6 Å². The molecule has 142 valence electrons. The lowest BCUT2D eigenvalue weighted by Crippen LogP contribution is -2.27. The van der Waals surface area contributed by atoms with Crippen LogP contribution in [-0.4, -0.2) is 26.5 Å². The van der Waals surface area contributed by atoms with Gasteiger partial charge >= 0.3 is 0 Å². The molecule has 2 N–H and O–H groups in total. The van der Waals surface area contributed by atoms with E-state index in [2.05, 4.69) is 33.6 Å². The number of aryl methyl sites for hydroxylation is 1. The molecular formula is C22H24N6. The maximum atomic E-state index is 4.94. The first kappa shape index (κ1) is 17.3. The standard InChI is InChI=1S/C22H24N6/c1-14-6-10-25-18(11-14)20(15-4-5-15)27-22-17-7-9-24-13-19(17)26-21(28-22)16-3-2-8-23-12-16/h2-3,6,8,10-12,15,20,24H,4-5,7,9,13H2,1H3,(H,26,27,28). The van der Waals surface area contributed by atoms with Crippen LogP contribution in [0.25, 0.3) is 11.4 Å². The van der Waals surface area contributed by atoms with Crippen molar-refractivity contribution in [3.8, 4) is 11.4 Å². The zero-order valence-corrected chi connectivity index (χ0v) is 16.0. The van der Waals surface area contributed by atoms with Gasteiger partial charge in [0.05, 0.1) is 17.4 Å². The van der Waals surface area contributed by atoms with Gasteiger partial charge in [-0.1, -0.05) is 0 Å². The largest absolute Gasteiger partial charge is 0.361 e. The van der Waals surface area contributed by atoms with Crippen molar-refractivity contribution < 1.29 is 0 Å². The van der Waals surface area contributed by atoms with Crippen LogP contribution in [0.4, 0.5) is 5.82 Å². The van der Waals surface area contributed by atoms with Crippen molar-refractivity contribution in [3.63, 3.8) is 0 Å². The van der Waals surface area contributed by atoms with Crippen molar-refractivity contribution in [1.29, 1.82) is 0 Å². The van der Waals surface area contributed by atoms with Crippen LogP contribution in [0.3, 0.4) is 0 Å². The zero-order chi connectivity index (χ0) is 18.9. The Morgan fingerprint density at radius 2 is 2.11 bits per heavy atom. The highest BCUT2D eigenvalue weighted by Crippen LogP contribution is 2.43. The number of rotatable bonds is 5. The average molecular weight is 372 g/mol. The van der Waals surface area contributed by atoms with Gasteiger partial charge in [-0.2, -0.15) is 0 Å². The molecule has 1 aliphatic heterocycles. The molecule has 0 radical (unpaired) electrons. The molecule has 0 amide bonds. The van der Waals surface area contributed by atoms with Crippen LogP contribution in [0.1, 0.15) is 41.4 Å². The summed E-state index contributed by atoms with van der Waals surface area (Å²) in [4.78, 5) is 18.7. The first-order valence-electron chi connectivity index (χ1n) is 9.98. The van der Waals surface area contributed by atoms with Gasteiger partial charge in [0.25, 0.3) is 0 Å². The summed E-state index contributed by atoms with van der Waals surface area (Å²) in [5, 5.41) is 7.19. The molecule has 0 spiro atoms. The van der Waals surface area contributed by atoms with E-state index in [1.54, 1.807) is 6.20 Å². The Morgan fingerprint density at radius 1 is 1.18 bits per heavy atom. The van der Waals surface area contributed by atoms with Gasteiger partial charge in [0.15, 0.2) is 5.82 Å². The lowest BCUT2D eigenvalue weighted by molar-refractivity contribution is 0.615. The molecule has 28 heavy (non-hydrogen) atoms. The Bertz CT molecular complexity index is 984. The fourth-order valence-electron chi connectivity index (χ4n) is 3.84. The molecule has 0 bridgehead atoms. The maximum absolute atomic E-state index is 4.94. The number of nitrogens with zero attached hydrogens (tertiary/aromatic N) is 4. The Balaban J connectivity index is 1.56. The van der Waals surface area contributed by atoms with Crippen molar-refractivity contribution in [2.45, 2.75) is 38.8 Å². The predicted molar refractivity (Wildman–Crippen MR) is 109 cm³/mol. The third-order valence-electron chi connectivity index (χ3n) is 5.50. The summed E-state index contributed by atoms with van der Waals surface area (Å²) in [6, 6.07) is 8.36. The van der Waals surface area contributed by atoms with Gasteiger partial charge in [0, 0.05) is 36.3 Å². The van der Waals surface area contributed by atoms with Crippen LogP contribution >= 0.6 is 0 Å². The molecule has 1 saturated carbocycles. The van der Waals surface area contributed by atoms with Crippen LogP contribution in [0.15, 0.2) is 42.9 Å². The summed E-state index contributed by atoms with van der Waals surface area (Å²) in [7, 11) is 0. The Morgan fingerprint density at radius 3 is 2.89 bits per heavy atom. The first-order chi connectivity index (χ1) is 13.8. The number of anilines is 1. The molecule has 4 heterocycles. The maximum Gasteiger partial charge on any atom is 0.163 e. The summed E-state index contributed by atoms with van der Waals surface area (Å²) in [5.74, 6) is 2.29. The molecule has 6 heteroatoms. The van der Waals surface area contributed by atoms with E-state index < -0.39 is 0 Å². The number of hydrogen-bond donors (Lipinski definition) is 2. The zero-order valence-electron chi connectivity index (χ0n) is 16.0. The second-order valence-electron chi connectivity index (χ2n) is 7.71. The molecule has 6 nitrogen and oxygen atoms in total. The molecule has 3 aromatic heterocycles. The smallest absolute Gasteiger partial charge is 0.163 e. The minimum atomic E-state index is 0.190. The van der Waals surface area contributed by atoms with Gasteiger partial charge in [0.1, 0.15) is 5.82 Å². The van der Waals surface area contributed by atoms with Crippen molar-refractivity contribution in [2.24, 2.45) is 5.92 Å². The molecule has 3 aromatic rings. The van der Waals surface area contributed by atoms with E-state index in [9.17, 15) is 0 Å². The Labute approximate surface area is 164 Å². The van der Waals surface area contributed by atoms with Crippen LogP contribution in [0.5, 0.6) is 0 Å². The highest BCUT2D eigenvalue weighted by molar-refractivity contribution is 5.60. The van der Waals surface area contributed by atoms with E-state index in [4.69, 9.17) is 9.97 Å². The van der Waals surface area contributed by atoms with E-state index in [-0.39, 0.29) is 6.04 Å². The summed E-state index contributed by atoms with van der Waals surface area (Å²) in [6.45, 7) is 3.85. The van der Waals surface area contributed by atoms with Gasteiger partial charge in [-0.25, -0.2) is 9.97 Å². The number of nitrogens with one attached hydrogen (secondary N) is 2. The van der Waals surface area contributed by atoms with Crippen LogP contribution < -0.4 is 10.6 Å².